The van der Waals surface area contributed by atoms with Crippen molar-refractivity contribution >= 4 is 5.97 Å². The molecule has 0 saturated carbocycles. The zero-order chi connectivity index (χ0) is 7.28. The molecule has 3 N–H and O–H groups in total. The summed E-state index contributed by atoms with van der Waals surface area (Å²) in [5, 5.41) is 0. The summed E-state index contributed by atoms with van der Waals surface area (Å²) in [4.78, 5) is 10.6. The lowest BCUT2D eigenvalue weighted by Crippen LogP contribution is -2.41. The summed E-state index contributed by atoms with van der Waals surface area (Å²) in [5.74, 6) is 4.69. The summed E-state index contributed by atoms with van der Waals surface area (Å²) >= 11 is 0. The van der Waals surface area contributed by atoms with Crippen LogP contribution < -0.4 is 11.3 Å². The number of hydrogen-bond acceptors (Lipinski definition) is 4. The molecule has 0 aromatic carbocycles. The Morgan fingerprint density at radius 2 is 2.44 bits per heavy atom. The van der Waals surface area contributed by atoms with E-state index in [2.05, 4.69) is 10.2 Å². The molecule has 0 aromatic heterocycles. The van der Waals surface area contributed by atoms with Gasteiger partial charge in [-0.2, -0.15) is 0 Å². The first-order chi connectivity index (χ1) is 4.26. The van der Waals surface area contributed by atoms with Gasteiger partial charge in [-0.05, 0) is 6.42 Å². The van der Waals surface area contributed by atoms with Gasteiger partial charge in [0.05, 0.1) is 7.11 Å². The van der Waals surface area contributed by atoms with E-state index < -0.39 is 0 Å². The van der Waals surface area contributed by atoms with E-state index in [4.69, 9.17) is 5.84 Å². The van der Waals surface area contributed by atoms with Crippen LogP contribution in [0.1, 0.15) is 13.3 Å². The predicted molar refractivity (Wildman–Crippen MR) is 33.4 cm³/mol. The molecular formula is C5H12N2O2. The van der Waals surface area contributed by atoms with Crippen LogP contribution in [0.2, 0.25) is 0 Å². The fourth-order valence-electron chi connectivity index (χ4n) is 0.495. The van der Waals surface area contributed by atoms with Gasteiger partial charge in [0.15, 0.2) is 0 Å². The summed E-state index contributed by atoms with van der Waals surface area (Å²) in [6.07, 6.45) is 0.642. The summed E-state index contributed by atoms with van der Waals surface area (Å²) in [6, 6.07) is -0.366. The average Bonchev–Trinajstić information content (AvgIpc) is 1.90. The van der Waals surface area contributed by atoms with Gasteiger partial charge in [-0.15, -0.1) is 0 Å². The SMILES string of the molecule is CC[C@H](NN)C(=O)OC. The zero-order valence-electron chi connectivity index (χ0n) is 5.68. The smallest absolute Gasteiger partial charge is 0.324 e. The Morgan fingerprint density at radius 3 is 2.56 bits per heavy atom. The molecule has 0 rings (SSSR count). The van der Waals surface area contributed by atoms with E-state index in [0.29, 0.717) is 6.42 Å². The van der Waals surface area contributed by atoms with Gasteiger partial charge in [-0.25, -0.2) is 5.43 Å². The number of esters is 1. The van der Waals surface area contributed by atoms with Crippen molar-refractivity contribution in [2.75, 3.05) is 7.11 Å². The zero-order valence-corrected chi connectivity index (χ0v) is 5.68. The molecule has 0 aliphatic heterocycles. The van der Waals surface area contributed by atoms with Crippen molar-refractivity contribution in [2.45, 2.75) is 19.4 Å². The standard InChI is InChI=1S/C5H12N2O2/c1-3-4(7-6)5(8)9-2/h4,7H,3,6H2,1-2H3/t4-/m0/s1. The van der Waals surface area contributed by atoms with Crippen molar-refractivity contribution in [3.63, 3.8) is 0 Å². The van der Waals surface area contributed by atoms with Crippen molar-refractivity contribution in [1.29, 1.82) is 0 Å². The number of hydrogen-bond donors (Lipinski definition) is 2. The molecule has 0 aliphatic carbocycles. The Bertz CT molecular complexity index is 91.0. The lowest BCUT2D eigenvalue weighted by Gasteiger charge is -2.08. The van der Waals surface area contributed by atoms with Gasteiger partial charge in [-0.3, -0.25) is 10.6 Å². The second-order valence-corrected chi connectivity index (χ2v) is 1.65. The van der Waals surface area contributed by atoms with Crippen molar-refractivity contribution in [3.05, 3.63) is 0 Å². The van der Waals surface area contributed by atoms with Gasteiger partial charge >= 0.3 is 5.97 Å². The van der Waals surface area contributed by atoms with E-state index >= 15 is 0 Å². The first kappa shape index (κ1) is 8.39. The lowest BCUT2D eigenvalue weighted by molar-refractivity contribution is -0.143. The second kappa shape index (κ2) is 4.29. The van der Waals surface area contributed by atoms with E-state index in [1.807, 2.05) is 6.92 Å². The van der Waals surface area contributed by atoms with E-state index in [9.17, 15) is 4.79 Å². The van der Waals surface area contributed by atoms with Crippen LogP contribution in [0.4, 0.5) is 0 Å². The summed E-state index contributed by atoms with van der Waals surface area (Å²) in [5.41, 5.74) is 2.33. The molecule has 4 nitrogen and oxygen atoms in total. The first-order valence-electron chi connectivity index (χ1n) is 2.80. The summed E-state index contributed by atoms with van der Waals surface area (Å²) < 4.78 is 4.41. The van der Waals surface area contributed by atoms with E-state index in [0.717, 1.165) is 0 Å². The third-order valence-electron chi connectivity index (χ3n) is 1.10. The maximum absolute atomic E-state index is 10.6. The molecule has 0 heterocycles. The molecule has 0 unspecified atom stereocenters. The number of rotatable bonds is 3. The maximum atomic E-state index is 10.6. The Balaban J connectivity index is 3.64. The van der Waals surface area contributed by atoms with Gasteiger partial charge in [0.1, 0.15) is 6.04 Å². The van der Waals surface area contributed by atoms with Crippen LogP contribution in [-0.2, 0) is 9.53 Å². The van der Waals surface area contributed by atoms with Gasteiger partial charge in [-0.1, -0.05) is 6.92 Å². The predicted octanol–water partition coefficient (Wildman–Crippen LogP) is -0.599. The van der Waals surface area contributed by atoms with Crippen LogP contribution in [0.5, 0.6) is 0 Å². The van der Waals surface area contributed by atoms with Crippen LogP contribution in [0.25, 0.3) is 0 Å². The largest absolute Gasteiger partial charge is 0.468 e. The van der Waals surface area contributed by atoms with E-state index in [-0.39, 0.29) is 12.0 Å². The van der Waals surface area contributed by atoms with Crippen LogP contribution in [-0.4, -0.2) is 19.1 Å². The molecule has 0 amide bonds. The normalized spacial score (nSPS) is 12.8. The molecule has 0 aliphatic rings. The third kappa shape index (κ3) is 2.43. The second-order valence-electron chi connectivity index (χ2n) is 1.65. The molecule has 0 saturated heterocycles. The minimum absolute atomic E-state index is 0.319. The Labute approximate surface area is 54.3 Å². The van der Waals surface area contributed by atoms with E-state index in [1.165, 1.54) is 7.11 Å². The topological polar surface area (TPSA) is 64.3 Å². The van der Waals surface area contributed by atoms with Gasteiger partial charge in [0, 0.05) is 0 Å². The highest BCUT2D eigenvalue weighted by atomic mass is 16.5. The molecule has 0 spiro atoms. The van der Waals surface area contributed by atoms with Gasteiger partial charge in [0.25, 0.3) is 0 Å². The minimum Gasteiger partial charge on any atom is -0.468 e. The van der Waals surface area contributed by atoms with Crippen molar-refractivity contribution in [2.24, 2.45) is 5.84 Å². The van der Waals surface area contributed by atoms with Crippen molar-refractivity contribution < 1.29 is 9.53 Å². The third-order valence-corrected chi connectivity index (χ3v) is 1.10. The number of hydrazine groups is 1. The van der Waals surface area contributed by atoms with Crippen LogP contribution in [0, 0.1) is 0 Å². The summed E-state index contributed by atoms with van der Waals surface area (Å²) in [7, 11) is 1.34. The van der Waals surface area contributed by atoms with Crippen LogP contribution >= 0.6 is 0 Å². The number of nitrogens with two attached hydrogens (primary N) is 1. The van der Waals surface area contributed by atoms with Crippen LogP contribution in [0.15, 0.2) is 0 Å². The molecule has 1 atom stereocenters. The molecule has 4 heteroatoms. The van der Waals surface area contributed by atoms with Gasteiger partial charge in [0.2, 0.25) is 0 Å². The molecule has 0 bridgehead atoms. The highest BCUT2D eigenvalue weighted by Gasteiger charge is 2.13. The monoisotopic (exact) mass is 132 g/mol. The molecule has 0 fully saturated rings. The average molecular weight is 132 g/mol. The number of methoxy groups -OCH3 is 1. The fourth-order valence-corrected chi connectivity index (χ4v) is 0.495. The number of nitrogens with one attached hydrogen (secondary N) is 1. The first-order valence-corrected chi connectivity index (χ1v) is 2.80. The highest BCUT2D eigenvalue weighted by molar-refractivity contribution is 5.75. The fraction of sp³-hybridized carbons (Fsp3) is 0.800. The molecular weight excluding hydrogens is 120 g/mol. The minimum atomic E-state index is -0.366. The van der Waals surface area contributed by atoms with Gasteiger partial charge < -0.3 is 4.74 Å². The number of carbonyl (C=O) groups is 1. The molecule has 54 valence electrons. The maximum Gasteiger partial charge on any atom is 0.324 e. The highest BCUT2D eigenvalue weighted by Crippen LogP contribution is 1.89. The van der Waals surface area contributed by atoms with Crippen molar-refractivity contribution in [3.8, 4) is 0 Å². The molecule has 0 radical (unpaired) electrons. The lowest BCUT2D eigenvalue weighted by atomic mass is 10.2. The number of ether oxygens (including phenoxy) is 1. The molecule has 0 aromatic rings. The molecule has 9 heavy (non-hydrogen) atoms. The Hall–Kier alpha value is -0.610. The van der Waals surface area contributed by atoms with E-state index in [1.54, 1.807) is 0 Å². The Morgan fingerprint density at radius 1 is 1.89 bits per heavy atom. The quantitative estimate of drug-likeness (QED) is 0.306. The Kier molecular flexibility index (Phi) is 4.00. The number of carbonyl (C=O) groups excluding carboxylic acids is 1. The van der Waals surface area contributed by atoms with Crippen molar-refractivity contribution in [1.82, 2.24) is 5.43 Å². The van der Waals surface area contributed by atoms with Crippen LogP contribution in [0.3, 0.4) is 0 Å². The summed E-state index contributed by atoms with van der Waals surface area (Å²) in [6.45, 7) is 1.85.